The van der Waals surface area contributed by atoms with Crippen molar-refractivity contribution >= 4 is 24.8 Å². The van der Waals surface area contributed by atoms with Crippen molar-refractivity contribution in [2.24, 2.45) is 0 Å². The van der Waals surface area contributed by atoms with Gasteiger partial charge in [-0.1, -0.05) is 5.57 Å². The summed E-state index contributed by atoms with van der Waals surface area (Å²) in [5.74, 6) is 0. The molecule has 0 unspecified atom stereocenters. The molecule has 0 spiro atoms. The lowest BCUT2D eigenvalue weighted by molar-refractivity contribution is -0.142. The molecule has 0 amide bonds. The summed E-state index contributed by atoms with van der Waals surface area (Å²) in [5.41, 5.74) is -1.82. The summed E-state index contributed by atoms with van der Waals surface area (Å²) in [6.45, 7) is 7.48. The molecule has 1 aromatic rings. The van der Waals surface area contributed by atoms with Crippen LogP contribution in [0.4, 0.5) is 26.3 Å². The molecule has 1 N–H and O–H groups in total. The van der Waals surface area contributed by atoms with Gasteiger partial charge in [0, 0.05) is 32.2 Å². The molecule has 1 saturated heterocycles. The van der Waals surface area contributed by atoms with E-state index in [2.05, 4.69) is 11.9 Å². The normalized spacial score (nSPS) is 16.9. The maximum Gasteiger partial charge on any atom is 0.416 e. The molecule has 1 atom stereocenters. The van der Waals surface area contributed by atoms with E-state index in [4.69, 9.17) is 0 Å². The van der Waals surface area contributed by atoms with Crippen LogP contribution >= 0.6 is 24.8 Å². The summed E-state index contributed by atoms with van der Waals surface area (Å²) >= 11 is 0. The monoisotopic (exact) mass is 438 g/mol. The van der Waals surface area contributed by atoms with Crippen molar-refractivity contribution in [3.8, 4) is 0 Å². The average Bonchev–Trinajstić information content (AvgIpc) is 2.51. The quantitative estimate of drug-likeness (QED) is 0.494. The first-order chi connectivity index (χ1) is 11.5. The average molecular weight is 439 g/mol. The Kier molecular flexibility index (Phi) is 9.64. The van der Waals surface area contributed by atoms with Gasteiger partial charge in [0.15, 0.2) is 0 Å². The van der Waals surface area contributed by atoms with Gasteiger partial charge in [0.2, 0.25) is 0 Å². The maximum absolute atomic E-state index is 13.4. The highest BCUT2D eigenvalue weighted by Gasteiger charge is 2.39. The molecule has 1 aliphatic heterocycles. The topological polar surface area (TPSA) is 15.3 Å². The molecule has 1 aliphatic rings. The minimum atomic E-state index is -4.72. The van der Waals surface area contributed by atoms with Crippen molar-refractivity contribution in [1.82, 2.24) is 10.2 Å². The third kappa shape index (κ3) is 6.85. The molecule has 1 aromatic carbocycles. The molecule has 0 aromatic heterocycles. The van der Waals surface area contributed by atoms with E-state index in [1.165, 1.54) is 0 Å². The number of rotatable bonds is 4. The van der Waals surface area contributed by atoms with E-state index in [1.54, 1.807) is 11.8 Å². The fourth-order valence-corrected chi connectivity index (χ4v) is 3.03. The molecule has 2 nitrogen and oxygen atoms in total. The van der Waals surface area contributed by atoms with Crippen LogP contribution in [0.1, 0.15) is 36.1 Å². The smallest absolute Gasteiger partial charge is 0.314 e. The Morgan fingerprint density at radius 1 is 1.07 bits per heavy atom. The molecule has 1 fully saturated rings. The summed E-state index contributed by atoms with van der Waals surface area (Å²) in [4.78, 5) is 1.79. The van der Waals surface area contributed by atoms with Crippen molar-refractivity contribution < 1.29 is 26.3 Å². The lowest BCUT2D eigenvalue weighted by Crippen LogP contribution is -2.45. The molecule has 10 heteroatoms. The SMILES string of the molecule is C=C(C)C[C@H](c1cc(C(F)(F)F)ccc1C(F)(F)F)N1CCNCC1.Cl.Cl. The highest BCUT2D eigenvalue weighted by atomic mass is 35.5. The van der Waals surface area contributed by atoms with E-state index in [1.807, 2.05) is 0 Å². The maximum atomic E-state index is 13.4. The minimum Gasteiger partial charge on any atom is -0.314 e. The summed E-state index contributed by atoms with van der Waals surface area (Å²) < 4.78 is 79.3. The molecule has 0 bridgehead atoms. The number of hydrogen-bond acceptors (Lipinski definition) is 2. The van der Waals surface area contributed by atoms with Gasteiger partial charge in [0.1, 0.15) is 0 Å². The molecule has 156 valence electrons. The second kappa shape index (κ2) is 10.0. The zero-order valence-corrected chi connectivity index (χ0v) is 16.2. The lowest BCUT2D eigenvalue weighted by atomic mass is 9.91. The van der Waals surface area contributed by atoms with Crippen LogP contribution in [0.5, 0.6) is 0 Å². The van der Waals surface area contributed by atoms with E-state index in [0.717, 1.165) is 0 Å². The van der Waals surface area contributed by atoms with Crippen LogP contribution in [0, 0.1) is 0 Å². The van der Waals surface area contributed by atoms with Gasteiger partial charge in [0.25, 0.3) is 0 Å². The summed E-state index contributed by atoms with van der Waals surface area (Å²) in [5, 5.41) is 3.09. The Balaban J connectivity index is 0.00000338. The van der Waals surface area contributed by atoms with E-state index < -0.39 is 29.5 Å². The van der Waals surface area contributed by atoms with Gasteiger partial charge in [-0.25, -0.2) is 0 Å². The lowest BCUT2D eigenvalue weighted by Gasteiger charge is -2.36. The third-order valence-corrected chi connectivity index (χ3v) is 4.18. The van der Waals surface area contributed by atoms with Gasteiger partial charge in [-0.3, -0.25) is 4.90 Å². The number of piperazine rings is 1. The first-order valence-corrected chi connectivity index (χ1v) is 7.87. The molecular weight excluding hydrogens is 417 g/mol. The Labute approximate surface area is 166 Å². The molecule has 0 radical (unpaired) electrons. The number of hydrogen-bond donors (Lipinski definition) is 1. The highest BCUT2D eigenvalue weighted by molar-refractivity contribution is 5.85. The first-order valence-electron chi connectivity index (χ1n) is 7.87. The summed E-state index contributed by atoms with van der Waals surface area (Å²) in [6.07, 6.45) is -9.25. The van der Waals surface area contributed by atoms with Gasteiger partial charge in [-0.2, -0.15) is 26.3 Å². The Hall–Kier alpha value is -0.960. The van der Waals surface area contributed by atoms with Crippen LogP contribution in [-0.2, 0) is 12.4 Å². The van der Waals surface area contributed by atoms with Gasteiger partial charge < -0.3 is 5.32 Å². The van der Waals surface area contributed by atoms with Crippen molar-refractivity contribution in [2.45, 2.75) is 31.7 Å². The van der Waals surface area contributed by atoms with Gasteiger partial charge >= 0.3 is 12.4 Å². The first kappa shape index (κ1) is 26.0. The van der Waals surface area contributed by atoms with Gasteiger partial charge in [0.05, 0.1) is 11.1 Å². The highest BCUT2D eigenvalue weighted by Crippen LogP contribution is 2.41. The molecule has 0 aliphatic carbocycles. The minimum absolute atomic E-state index is 0. The zero-order chi connectivity index (χ0) is 18.8. The predicted octanol–water partition coefficient (Wildman–Crippen LogP) is 5.48. The molecule has 2 rings (SSSR count). The molecule has 1 heterocycles. The fourth-order valence-electron chi connectivity index (χ4n) is 3.03. The standard InChI is InChI=1S/C17H20F6N2.2ClH/c1-11(2)9-15(25-7-5-24-6-8-25)13-10-12(16(18,19)20)3-4-14(13)17(21,22)23;;/h3-4,10,15,24H,1,5-9H2,2H3;2*1H/t15-;;/m1../s1. The van der Waals surface area contributed by atoms with Crippen LogP contribution in [0.25, 0.3) is 0 Å². The third-order valence-electron chi connectivity index (χ3n) is 4.18. The number of benzene rings is 1. The van der Waals surface area contributed by atoms with Crippen LogP contribution in [-0.4, -0.2) is 31.1 Å². The van der Waals surface area contributed by atoms with Crippen molar-refractivity contribution in [3.63, 3.8) is 0 Å². The van der Waals surface area contributed by atoms with Crippen LogP contribution < -0.4 is 5.32 Å². The van der Waals surface area contributed by atoms with Crippen molar-refractivity contribution in [3.05, 3.63) is 47.0 Å². The second-order valence-electron chi connectivity index (χ2n) is 6.26. The van der Waals surface area contributed by atoms with Gasteiger partial charge in [-0.05, 0) is 37.1 Å². The number of nitrogens with one attached hydrogen (secondary N) is 1. The Bertz CT molecular complexity index is 625. The number of nitrogens with zero attached hydrogens (tertiary/aromatic N) is 1. The Morgan fingerprint density at radius 3 is 2.07 bits per heavy atom. The zero-order valence-electron chi connectivity index (χ0n) is 14.6. The van der Waals surface area contributed by atoms with Crippen molar-refractivity contribution in [2.75, 3.05) is 26.2 Å². The predicted molar refractivity (Wildman–Crippen MR) is 97.6 cm³/mol. The number of alkyl halides is 6. The van der Waals surface area contributed by atoms with E-state index in [0.29, 0.717) is 50.0 Å². The van der Waals surface area contributed by atoms with E-state index in [9.17, 15) is 26.3 Å². The Morgan fingerprint density at radius 2 is 1.63 bits per heavy atom. The fraction of sp³-hybridized carbons (Fsp3) is 0.529. The molecular formula is C17H22Cl2F6N2. The molecule has 27 heavy (non-hydrogen) atoms. The van der Waals surface area contributed by atoms with Crippen molar-refractivity contribution in [1.29, 1.82) is 0 Å². The number of halogens is 8. The van der Waals surface area contributed by atoms with Crippen LogP contribution in [0.3, 0.4) is 0 Å². The summed E-state index contributed by atoms with van der Waals surface area (Å²) in [6, 6.07) is 0.866. The van der Waals surface area contributed by atoms with E-state index >= 15 is 0 Å². The van der Waals surface area contributed by atoms with Crippen LogP contribution in [0.2, 0.25) is 0 Å². The van der Waals surface area contributed by atoms with Gasteiger partial charge in [-0.15, -0.1) is 31.4 Å². The summed E-state index contributed by atoms with van der Waals surface area (Å²) in [7, 11) is 0. The second-order valence-corrected chi connectivity index (χ2v) is 6.26. The largest absolute Gasteiger partial charge is 0.416 e. The molecule has 0 saturated carbocycles. The van der Waals surface area contributed by atoms with Crippen LogP contribution in [0.15, 0.2) is 30.4 Å². The van der Waals surface area contributed by atoms with E-state index in [-0.39, 0.29) is 36.8 Å².